The number of rotatable bonds is 21. The van der Waals surface area contributed by atoms with Crippen molar-refractivity contribution in [3.8, 4) is 0 Å². The lowest BCUT2D eigenvalue weighted by Gasteiger charge is -2.17. The van der Waals surface area contributed by atoms with Crippen molar-refractivity contribution in [2.75, 3.05) is 33.5 Å². The van der Waals surface area contributed by atoms with Gasteiger partial charge in [-0.1, -0.05) is 6.42 Å². The van der Waals surface area contributed by atoms with Crippen LogP contribution in [0.2, 0.25) is 0 Å². The molecule has 34 heavy (non-hydrogen) atoms. The number of unbranched alkanes of at least 4 members (excludes halogenated alkanes) is 1. The molecule has 1 aromatic heterocycles. The van der Waals surface area contributed by atoms with Crippen molar-refractivity contribution in [1.82, 2.24) is 15.3 Å². The van der Waals surface area contributed by atoms with Gasteiger partial charge in [-0.05, 0) is 32.6 Å². The molecule has 1 aromatic rings. The molecular weight excluding hydrogens is 440 g/mol. The molecule has 1 heterocycles. The first-order valence-corrected chi connectivity index (χ1v) is 11.9. The Balaban J connectivity index is 2.42. The Bertz CT molecular complexity index is 738. The first kappa shape index (κ1) is 29.6. The molecule has 0 spiro atoms. The highest BCUT2D eigenvalue weighted by atomic mass is 16.5. The minimum Gasteiger partial charge on any atom is -0.382 e. The van der Waals surface area contributed by atoms with E-state index < -0.39 is 6.04 Å². The summed E-state index contributed by atoms with van der Waals surface area (Å²) in [5.74, 6) is -0.400. The summed E-state index contributed by atoms with van der Waals surface area (Å²) in [7, 11) is 1.57. The fourth-order valence-electron chi connectivity index (χ4n) is 3.53. The monoisotopic (exact) mass is 480 g/mol. The van der Waals surface area contributed by atoms with Crippen LogP contribution in [0, 0.1) is 5.92 Å². The average molecular weight is 481 g/mol. The maximum Gasteiger partial charge on any atom is 0.245 e. The van der Waals surface area contributed by atoms with Crippen LogP contribution in [0.3, 0.4) is 0 Å². The molecule has 0 saturated carbocycles. The first-order chi connectivity index (χ1) is 16.3. The summed E-state index contributed by atoms with van der Waals surface area (Å²) >= 11 is 0. The maximum atomic E-state index is 12.7. The van der Waals surface area contributed by atoms with E-state index in [0.717, 1.165) is 12.1 Å². The molecule has 0 aliphatic carbocycles. The first-order valence-electron chi connectivity index (χ1n) is 11.9. The SMILES string of the molecule is COCCOCC(=O)NCCCC[C@H](CCC(=O)[C@@H](N)Cc1cnc[nH]1)C(=O)CCCC(C)=O. The number of aromatic nitrogens is 2. The summed E-state index contributed by atoms with van der Waals surface area (Å²) in [6.45, 7) is 2.79. The number of nitrogens with two attached hydrogens (primary N) is 1. The zero-order valence-corrected chi connectivity index (χ0v) is 20.5. The minimum absolute atomic E-state index is 0.0124. The van der Waals surface area contributed by atoms with E-state index in [0.29, 0.717) is 64.7 Å². The van der Waals surface area contributed by atoms with E-state index in [2.05, 4.69) is 15.3 Å². The fourth-order valence-corrected chi connectivity index (χ4v) is 3.53. The van der Waals surface area contributed by atoms with E-state index in [1.165, 1.54) is 6.92 Å². The quantitative estimate of drug-likeness (QED) is 0.224. The summed E-state index contributed by atoms with van der Waals surface area (Å²) in [4.78, 5) is 55.0. The van der Waals surface area contributed by atoms with E-state index in [1.54, 1.807) is 19.6 Å². The number of nitrogens with zero attached hydrogens (tertiary/aromatic N) is 1. The van der Waals surface area contributed by atoms with E-state index >= 15 is 0 Å². The third kappa shape index (κ3) is 14.0. The second-order valence-corrected chi connectivity index (χ2v) is 8.50. The van der Waals surface area contributed by atoms with Gasteiger partial charge in [-0.2, -0.15) is 0 Å². The van der Waals surface area contributed by atoms with Crippen LogP contribution < -0.4 is 11.1 Å². The second kappa shape index (κ2) is 18.0. The fraction of sp³-hybridized carbons (Fsp3) is 0.708. The van der Waals surface area contributed by atoms with E-state index in [4.69, 9.17) is 15.2 Å². The van der Waals surface area contributed by atoms with Crippen molar-refractivity contribution in [1.29, 1.82) is 0 Å². The molecule has 0 aliphatic rings. The highest BCUT2D eigenvalue weighted by Crippen LogP contribution is 2.20. The van der Waals surface area contributed by atoms with Crippen LogP contribution in [0.15, 0.2) is 12.5 Å². The Morgan fingerprint density at radius 2 is 1.85 bits per heavy atom. The third-order valence-corrected chi connectivity index (χ3v) is 5.52. The molecule has 192 valence electrons. The molecule has 0 aliphatic heterocycles. The largest absolute Gasteiger partial charge is 0.382 e. The Labute approximate surface area is 201 Å². The zero-order valence-electron chi connectivity index (χ0n) is 20.5. The van der Waals surface area contributed by atoms with Crippen molar-refractivity contribution >= 4 is 23.3 Å². The molecule has 10 nitrogen and oxygen atoms in total. The van der Waals surface area contributed by atoms with Gasteiger partial charge in [-0.15, -0.1) is 0 Å². The van der Waals surface area contributed by atoms with Crippen LogP contribution in [-0.2, 0) is 35.1 Å². The average Bonchev–Trinajstić information content (AvgIpc) is 3.30. The van der Waals surface area contributed by atoms with Crippen molar-refractivity contribution < 1.29 is 28.7 Å². The van der Waals surface area contributed by atoms with Gasteiger partial charge < -0.3 is 30.3 Å². The van der Waals surface area contributed by atoms with Crippen LogP contribution in [0.1, 0.15) is 64.0 Å². The summed E-state index contributed by atoms with van der Waals surface area (Å²) in [5.41, 5.74) is 6.82. The molecule has 0 fully saturated rings. The molecule has 10 heteroatoms. The molecule has 0 radical (unpaired) electrons. The predicted molar refractivity (Wildman–Crippen MR) is 127 cm³/mol. The van der Waals surface area contributed by atoms with Crippen molar-refractivity contribution in [2.24, 2.45) is 11.7 Å². The lowest BCUT2D eigenvalue weighted by atomic mass is 9.88. The molecule has 1 rings (SSSR count). The predicted octanol–water partition coefficient (Wildman–Crippen LogP) is 1.52. The number of carbonyl (C=O) groups excluding carboxylic acids is 4. The van der Waals surface area contributed by atoms with Gasteiger partial charge in [0.15, 0.2) is 0 Å². The number of H-pyrrole nitrogens is 1. The highest BCUT2D eigenvalue weighted by Gasteiger charge is 2.22. The van der Waals surface area contributed by atoms with E-state index in [1.807, 2.05) is 0 Å². The number of ether oxygens (including phenoxy) is 2. The smallest absolute Gasteiger partial charge is 0.245 e. The summed E-state index contributed by atoms with van der Waals surface area (Å²) in [6.07, 6.45) is 7.54. The number of hydrogen-bond donors (Lipinski definition) is 3. The lowest BCUT2D eigenvalue weighted by Crippen LogP contribution is -2.33. The van der Waals surface area contributed by atoms with Crippen LogP contribution in [0.4, 0.5) is 0 Å². The molecule has 4 N–H and O–H groups in total. The molecule has 0 bridgehead atoms. The molecular formula is C24H40N4O6. The van der Waals surface area contributed by atoms with Crippen molar-refractivity contribution in [2.45, 2.75) is 70.8 Å². The van der Waals surface area contributed by atoms with Gasteiger partial charge in [0.05, 0.1) is 25.6 Å². The Morgan fingerprint density at radius 1 is 1.06 bits per heavy atom. The topological polar surface area (TPSA) is 153 Å². The van der Waals surface area contributed by atoms with Crippen LogP contribution in [-0.4, -0.2) is 72.7 Å². The molecule has 2 atom stereocenters. The summed E-state index contributed by atoms with van der Waals surface area (Å²) in [5, 5.41) is 2.79. The van der Waals surface area contributed by atoms with Crippen molar-refractivity contribution in [3.63, 3.8) is 0 Å². The van der Waals surface area contributed by atoms with E-state index in [-0.39, 0.29) is 42.2 Å². The van der Waals surface area contributed by atoms with Gasteiger partial charge in [0.2, 0.25) is 5.91 Å². The van der Waals surface area contributed by atoms with Gasteiger partial charge in [-0.3, -0.25) is 14.4 Å². The van der Waals surface area contributed by atoms with Crippen molar-refractivity contribution in [3.05, 3.63) is 18.2 Å². The number of ketones is 3. The number of imidazole rings is 1. The molecule has 1 amide bonds. The van der Waals surface area contributed by atoms with Gasteiger partial charge in [0.25, 0.3) is 0 Å². The number of nitrogens with one attached hydrogen (secondary N) is 2. The molecule has 0 unspecified atom stereocenters. The molecule has 0 aromatic carbocycles. The Hall–Kier alpha value is -2.43. The lowest BCUT2D eigenvalue weighted by molar-refractivity contribution is -0.126. The minimum atomic E-state index is -0.643. The number of Topliss-reactive ketones (excluding diaryl/α,β-unsaturated/α-hetero) is 3. The Kier molecular flexibility index (Phi) is 15.6. The van der Waals surface area contributed by atoms with Gasteiger partial charge in [-0.25, -0.2) is 4.98 Å². The number of methoxy groups -OCH3 is 1. The molecule has 0 saturated heterocycles. The highest BCUT2D eigenvalue weighted by molar-refractivity contribution is 5.86. The number of hydrogen-bond acceptors (Lipinski definition) is 8. The number of carbonyl (C=O) groups is 4. The maximum absolute atomic E-state index is 12.7. The third-order valence-electron chi connectivity index (χ3n) is 5.52. The number of amides is 1. The zero-order chi connectivity index (χ0) is 25.2. The standard InChI is InChI=1S/C24H40N4O6/c1-18(29)6-5-8-22(30)19(7-3-4-11-27-24(32)16-34-13-12-33-2)9-10-23(31)21(25)14-20-15-26-17-28-20/h15,17,19,21H,3-14,16,25H2,1-2H3,(H,26,28)(H,27,32)/t19-,21+/m1/s1. The van der Waals surface area contributed by atoms with E-state index in [9.17, 15) is 19.2 Å². The van der Waals surface area contributed by atoms with Crippen LogP contribution >= 0.6 is 0 Å². The Morgan fingerprint density at radius 3 is 2.53 bits per heavy atom. The summed E-state index contributed by atoms with van der Waals surface area (Å²) < 4.78 is 10.0. The normalized spacial score (nSPS) is 12.8. The van der Waals surface area contributed by atoms with Gasteiger partial charge >= 0.3 is 0 Å². The van der Waals surface area contributed by atoms with Gasteiger partial charge in [0.1, 0.15) is 24.0 Å². The van der Waals surface area contributed by atoms with Gasteiger partial charge in [0, 0.05) is 57.1 Å². The number of aromatic amines is 1. The second-order valence-electron chi connectivity index (χ2n) is 8.50. The van der Waals surface area contributed by atoms with Crippen LogP contribution in [0.5, 0.6) is 0 Å². The van der Waals surface area contributed by atoms with Crippen LogP contribution in [0.25, 0.3) is 0 Å². The summed E-state index contributed by atoms with van der Waals surface area (Å²) in [6, 6.07) is -0.643.